The van der Waals surface area contributed by atoms with Gasteiger partial charge < -0.3 is 15.8 Å². The topological polar surface area (TPSA) is 77.2 Å². The molecular weight excluding hydrogens is 242 g/mol. The first-order valence-electron chi connectivity index (χ1n) is 5.95. The SMILES string of the molecule is CCOC(=O)c1cccnc1Nc1cccc(N)c1. The van der Waals surface area contributed by atoms with Gasteiger partial charge in [-0.05, 0) is 37.3 Å². The first-order valence-corrected chi connectivity index (χ1v) is 5.95. The number of esters is 1. The maximum absolute atomic E-state index is 11.8. The number of nitrogens with one attached hydrogen (secondary N) is 1. The zero-order chi connectivity index (χ0) is 13.7. The van der Waals surface area contributed by atoms with E-state index in [2.05, 4.69) is 10.3 Å². The lowest BCUT2D eigenvalue weighted by Crippen LogP contribution is -2.09. The van der Waals surface area contributed by atoms with Crippen LogP contribution in [0.2, 0.25) is 0 Å². The fourth-order valence-corrected chi connectivity index (χ4v) is 1.63. The molecule has 0 atom stereocenters. The van der Waals surface area contributed by atoms with Gasteiger partial charge in [-0.1, -0.05) is 6.07 Å². The minimum Gasteiger partial charge on any atom is -0.462 e. The Morgan fingerprint density at radius 3 is 2.95 bits per heavy atom. The van der Waals surface area contributed by atoms with Crippen LogP contribution in [0.1, 0.15) is 17.3 Å². The van der Waals surface area contributed by atoms with E-state index in [1.54, 1.807) is 37.4 Å². The predicted octanol–water partition coefficient (Wildman–Crippen LogP) is 2.58. The first kappa shape index (κ1) is 12.9. The quantitative estimate of drug-likeness (QED) is 0.650. The van der Waals surface area contributed by atoms with Crippen molar-refractivity contribution < 1.29 is 9.53 Å². The molecule has 0 saturated carbocycles. The second kappa shape index (κ2) is 5.86. The van der Waals surface area contributed by atoms with Crippen molar-refractivity contribution in [1.82, 2.24) is 4.98 Å². The smallest absolute Gasteiger partial charge is 0.341 e. The zero-order valence-corrected chi connectivity index (χ0v) is 10.6. The summed E-state index contributed by atoms with van der Waals surface area (Å²) in [6.45, 7) is 2.09. The van der Waals surface area contributed by atoms with Crippen LogP contribution in [0.5, 0.6) is 0 Å². The molecule has 3 N–H and O–H groups in total. The number of carbonyl (C=O) groups is 1. The fourth-order valence-electron chi connectivity index (χ4n) is 1.63. The van der Waals surface area contributed by atoms with E-state index >= 15 is 0 Å². The lowest BCUT2D eigenvalue weighted by Gasteiger charge is -2.10. The van der Waals surface area contributed by atoms with Crippen LogP contribution in [-0.2, 0) is 4.74 Å². The van der Waals surface area contributed by atoms with Gasteiger partial charge in [0, 0.05) is 17.6 Å². The summed E-state index contributed by atoms with van der Waals surface area (Å²) in [6.07, 6.45) is 1.61. The van der Waals surface area contributed by atoms with Gasteiger partial charge in [-0.3, -0.25) is 0 Å². The monoisotopic (exact) mass is 257 g/mol. The number of benzene rings is 1. The van der Waals surface area contributed by atoms with Crippen LogP contribution >= 0.6 is 0 Å². The van der Waals surface area contributed by atoms with Crippen LogP contribution in [0.25, 0.3) is 0 Å². The number of nitrogen functional groups attached to an aromatic ring is 1. The van der Waals surface area contributed by atoms with Gasteiger partial charge in [0.25, 0.3) is 0 Å². The van der Waals surface area contributed by atoms with Gasteiger partial charge in [-0.15, -0.1) is 0 Å². The number of pyridine rings is 1. The third kappa shape index (κ3) is 3.22. The van der Waals surface area contributed by atoms with E-state index in [-0.39, 0.29) is 0 Å². The van der Waals surface area contributed by atoms with E-state index < -0.39 is 5.97 Å². The molecule has 5 nitrogen and oxygen atoms in total. The number of hydrogen-bond acceptors (Lipinski definition) is 5. The van der Waals surface area contributed by atoms with E-state index in [9.17, 15) is 4.79 Å². The Bertz CT molecular complexity index is 584. The molecule has 1 heterocycles. The van der Waals surface area contributed by atoms with Crippen LogP contribution in [0.4, 0.5) is 17.2 Å². The Balaban J connectivity index is 2.27. The van der Waals surface area contributed by atoms with E-state index in [4.69, 9.17) is 10.5 Å². The summed E-state index contributed by atoms with van der Waals surface area (Å²) in [7, 11) is 0. The van der Waals surface area contributed by atoms with E-state index in [1.165, 1.54) is 0 Å². The highest BCUT2D eigenvalue weighted by molar-refractivity contribution is 5.95. The van der Waals surface area contributed by atoms with Crippen LogP contribution in [0.3, 0.4) is 0 Å². The molecule has 0 amide bonds. The van der Waals surface area contributed by atoms with Crippen LogP contribution in [-0.4, -0.2) is 17.6 Å². The van der Waals surface area contributed by atoms with Gasteiger partial charge in [0.2, 0.25) is 0 Å². The Hall–Kier alpha value is -2.56. The molecule has 2 aromatic rings. The lowest BCUT2D eigenvalue weighted by atomic mass is 10.2. The number of ether oxygens (including phenoxy) is 1. The Morgan fingerprint density at radius 2 is 2.21 bits per heavy atom. The van der Waals surface area contributed by atoms with Crippen molar-refractivity contribution in [2.75, 3.05) is 17.7 Å². The first-order chi connectivity index (χ1) is 9.20. The average Bonchev–Trinajstić information content (AvgIpc) is 2.39. The largest absolute Gasteiger partial charge is 0.462 e. The molecule has 19 heavy (non-hydrogen) atoms. The van der Waals surface area contributed by atoms with Crippen molar-refractivity contribution in [3.63, 3.8) is 0 Å². The van der Waals surface area contributed by atoms with Crippen LogP contribution in [0.15, 0.2) is 42.6 Å². The summed E-state index contributed by atoms with van der Waals surface area (Å²) in [6, 6.07) is 10.6. The summed E-state index contributed by atoms with van der Waals surface area (Å²) in [5.74, 6) is 0.0496. The number of anilines is 3. The molecule has 1 aromatic heterocycles. The third-order valence-electron chi connectivity index (χ3n) is 2.45. The molecule has 0 bridgehead atoms. The molecule has 0 aliphatic carbocycles. The minimum absolute atomic E-state index is 0.325. The van der Waals surface area contributed by atoms with Gasteiger partial charge in [0.1, 0.15) is 11.4 Å². The van der Waals surface area contributed by atoms with Crippen molar-refractivity contribution in [3.05, 3.63) is 48.2 Å². The van der Waals surface area contributed by atoms with Gasteiger partial charge >= 0.3 is 5.97 Å². The molecule has 0 fully saturated rings. The second-order valence-corrected chi connectivity index (χ2v) is 3.87. The molecule has 2 rings (SSSR count). The molecule has 0 spiro atoms. The average molecular weight is 257 g/mol. The summed E-state index contributed by atoms with van der Waals surface area (Å²) < 4.78 is 4.99. The molecule has 1 aromatic carbocycles. The minimum atomic E-state index is -0.401. The van der Waals surface area contributed by atoms with E-state index in [0.717, 1.165) is 5.69 Å². The number of carbonyl (C=O) groups excluding carboxylic acids is 1. The Morgan fingerprint density at radius 1 is 1.37 bits per heavy atom. The molecular formula is C14H15N3O2. The van der Waals surface area contributed by atoms with Gasteiger partial charge in [-0.2, -0.15) is 0 Å². The molecule has 98 valence electrons. The zero-order valence-electron chi connectivity index (χ0n) is 10.6. The van der Waals surface area contributed by atoms with Crippen molar-refractivity contribution >= 4 is 23.2 Å². The van der Waals surface area contributed by atoms with Crippen molar-refractivity contribution in [3.8, 4) is 0 Å². The van der Waals surface area contributed by atoms with Crippen molar-refractivity contribution in [2.24, 2.45) is 0 Å². The van der Waals surface area contributed by atoms with Crippen molar-refractivity contribution in [2.45, 2.75) is 6.92 Å². The number of nitrogens with zero attached hydrogens (tertiary/aromatic N) is 1. The normalized spacial score (nSPS) is 9.95. The molecule has 0 saturated heterocycles. The highest BCUT2D eigenvalue weighted by atomic mass is 16.5. The van der Waals surface area contributed by atoms with Gasteiger partial charge in [0.15, 0.2) is 0 Å². The van der Waals surface area contributed by atoms with E-state index in [1.807, 2.05) is 12.1 Å². The number of hydrogen-bond donors (Lipinski definition) is 2. The van der Waals surface area contributed by atoms with Crippen LogP contribution < -0.4 is 11.1 Å². The highest BCUT2D eigenvalue weighted by Crippen LogP contribution is 2.20. The van der Waals surface area contributed by atoms with Gasteiger partial charge in [0.05, 0.1) is 6.61 Å². The Labute approximate surface area is 111 Å². The van der Waals surface area contributed by atoms with Crippen LogP contribution in [0, 0.1) is 0 Å². The van der Waals surface area contributed by atoms with Gasteiger partial charge in [-0.25, -0.2) is 9.78 Å². The maximum atomic E-state index is 11.8. The standard InChI is InChI=1S/C14H15N3O2/c1-2-19-14(18)12-7-4-8-16-13(12)17-11-6-3-5-10(15)9-11/h3-9H,2,15H2,1H3,(H,16,17). The second-order valence-electron chi connectivity index (χ2n) is 3.87. The summed E-state index contributed by atoms with van der Waals surface area (Å²) in [5.41, 5.74) is 7.51. The molecule has 0 unspecified atom stereocenters. The number of rotatable bonds is 4. The molecule has 5 heteroatoms. The predicted molar refractivity (Wildman–Crippen MR) is 74.3 cm³/mol. The highest BCUT2D eigenvalue weighted by Gasteiger charge is 2.13. The number of aromatic nitrogens is 1. The van der Waals surface area contributed by atoms with Crippen molar-refractivity contribution in [1.29, 1.82) is 0 Å². The fraction of sp³-hybridized carbons (Fsp3) is 0.143. The summed E-state index contributed by atoms with van der Waals surface area (Å²) in [5, 5.41) is 3.06. The molecule has 0 aliphatic heterocycles. The number of nitrogens with two attached hydrogens (primary N) is 1. The summed E-state index contributed by atoms with van der Waals surface area (Å²) >= 11 is 0. The lowest BCUT2D eigenvalue weighted by molar-refractivity contribution is 0.0527. The van der Waals surface area contributed by atoms with E-state index in [0.29, 0.717) is 23.7 Å². The molecule has 0 aliphatic rings. The Kier molecular flexibility index (Phi) is 3.97. The third-order valence-corrected chi connectivity index (χ3v) is 2.45. The maximum Gasteiger partial charge on any atom is 0.341 e. The summed E-state index contributed by atoms with van der Waals surface area (Å²) in [4.78, 5) is 15.9. The molecule has 0 radical (unpaired) electrons.